The van der Waals surface area contributed by atoms with Gasteiger partial charge in [-0.25, -0.2) is 17.7 Å². The molecule has 0 aliphatic carbocycles. The van der Waals surface area contributed by atoms with Crippen molar-refractivity contribution in [2.75, 3.05) is 20.6 Å². The number of imidazole rings is 1. The minimum absolute atomic E-state index is 0.139. The number of piperidine rings is 1. The molecule has 1 aromatic carbocycles. The number of carbonyl (C=O) groups is 2. The Morgan fingerprint density at radius 3 is 2.79 bits per heavy atom. The zero-order valence-electron chi connectivity index (χ0n) is 16.9. The van der Waals surface area contributed by atoms with Gasteiger partial charge in [0.25, 0.3) is 0 Å². The number of nitrogens with one attached hydrogen (secondary N) is 2. The quantitative estimate of drug-likeness (QED) is 0.681. The highest BCUT2D eigenvalue weighted by atomic mass is 32.2. The van der Waals surface area contributed by atoms with Crippen LogP contribution < -0.4 is 10.6 Å². The molecule has 1 atom stereocenters. The Labute approximate surface area is 170 Å². The second kappa shape index (κ2) is 8.50. The third-order valence-corrected chi connectivity index (χ3v) is 6.90. The summed E-state index contributed by atoms with van der Waals surface area (Å²) in [5.41, 5.74) is 1.41. The molecule has 1 fully saturated rings. The average Bonchev–Trinajstić information content (AvgIpc) is 3.04. The van der Waals surface area contributed by atoms with E-state index in [2.05, 4.69) is 15.6 Å². The van der Waals surface area contributed by atoms with E-state index in [0.29, 0.717) is 37.3 Å². The highest BCUT2D eigenvalue weighted by Gasteiger charge is 2.24. The summed E-state index contributed by atoms with van der Waals surface area (Å²) in [7, 11) is -0.570. The van der Waals surface area contributed by atoms with Crippen molar-refractivity contribution < 1.29 is 18.0 Å². The number of hydrogen-bond donors (Lipinski definition) is 2. The van der Waals surface area contributed by atoms with Crippen LogP contribution in [0.25, 0.3) is 11.0 Å². The predicted octanol–water partition coefficient (Wildman–Crippen LogP) is 0.634. The Morgan fingerprint density at radius 1 is 1.38 bits per heavy atom. The highest BCUT2D eigenvalue weighted by Crippen LogP contribution is 2.22. The van der Waals surface area contributed by atoms with Crippen LogP contribution in [0.5, 0.6) is 0 Å². The Bertz CT molecular complexity index is 1030. The van der Waals surface area contributed by atoms with Crippen LogP contribution in [0.1, 0.15) is 32.0 Å². The molecule has 3 rings (SSSR count). The minimum atomic E-state index is -3.54. The summed E-state index contributed by atoms with van der Waals surface area (Å²) in [4.78, 5) is 28.8. The van der Waals surface area contributed by atoms with Gasteiger partial charge in [-0.05, 0) is 38.0 Å². The van der Waals surface area contributed by atoms with Gasteiger partial charge in [0.15, 0.2) is 0 Å². The lowest BCUT2D eigenvalue weighted by atomic mass is 10.1. The molecule has 1 aliphatic rings. The normalized spacial score (nSPS) is 17.5. The van der Waals surface area contributed by atoms with E-state index in [1.165, 1.54) is 14.1 Å². The van der Waals surface area contributed by atoms with Crippen molar-refractivity contribution >= 4 is 32.9 Å². The maximum Gasteiger partial charge on any atom is 0.242 e. The lowest BCUT2D eigenvalue weighted by Crippen LogP contribution is -2.50. The molecule has 0 spiro atoms. The van der Waals surface area contributed by atoms with Crippen LogP contribution in [0.2, 0.25) is 0 Å². The molecule has 2 amide bonds. The molecule has 2 aromatic rings. The molecule has 158 valence electrons. The average molecular weight is 422 g/mol. The monoisotopic (exact) mass is 421 g/mol. The molecule has 1 unspecified atom stereocenters. The number of hydrogen-bond acceptors (Lipinski definition) is 5. The summed E-state index contributed by atoms with van der Waals surface area (Å²) in [6.07, 6.45) is 2.10. The maximum absolute atomic E-state index is 12.4. The molecule has 1 aliphatic heterocycles. The van der Waals surface area contributed by atoms with E-state index >= 15 is 0 Å². The van der Waals surface area contributed by atoms with E-state index in [4.69, 9.17) is 0 Å². The van der Waals surface area contributed by atoms with Gasteiger partial charge in [-0.2, -0.15) is 0 Å². The minimum Gasteiger partial charge on any atom is -0.354 e. The van der Waals surface area contributed by atoms with Gasteiger partial charge < -0.3 is 15.2 Å². The topological polar surface area (TPSA) is 113 Å². The number of benzene rings is 1. The van der Waals surface area contributed by atoms with Crippen molar-refractivity contribution in [2.24, 2.45) is 0 Å². The van der Waals surface area contributed by atoms with E-state index in [1.54, 1.807) is 18.2 Å². The fourth-order valence-corrected chi connectivity index (χ4v) is 4.40. The van der Waals surface area contributed by atoms with E-state index in [9.17, 15) is 18.0 Å². The van der Waals surface area contributed by atoms with Crippen molar-refractivity contribution in [2.45, 2.75) is 50.1 Å². The lowest BCUT2D eigenvalue weighted by Gasteiger charge is -2.22. The molecule has 9 nitrogen and oxygen atoms in total. The van der Waals surface area contributed by atoms with E-state index in [-0.39, 0.29) is 23.1 Å². The molecule has 0 saturated carbocycles. The van der Waals surface area contributed by atoms with E-state index in [1.807, 2.05) is 11.5 Å². The number of carbonyl (C=O) groups excluding carboxylic acids is 2. The molecule has 0 radical (unpaired) electrons. The third-order valence-electron chi connectivity index (χ3n) is 5.09. The van der Waals surface area contributed by atoms with Gasteiger partial charge in [0.1, 0.15) is 11.9 Å². The standard InChI is InChI=1S/C19H27N5O4S/c1-4-24-16-8-7-13(29(27,28)23(2)3)12-15(16)21-17(24)9-10-18(25)22-14-6-5-11-20-19(14)26/h7-8,12,14H,4-6,9-11H2,1-3H3,(H,20,26)(H,22,25). The van der Waals surface area contributed by atoms with Crippen molar-refractivity contribution in [1.29, 1.82) is 0 Å². The second-order valence-electron chi connectivity index (χ2n) is 7.26. The number of nitrogens with zero attached hydrogens (tertiary/aromatic N) is 3. The fourth-order valence-electron chi connectivity index (χ4n) is 3.48. The molecular weight excluding hydrogens is 394 g/mol. The van der Waals surface area contributed by atoms with Crippen molar-refractivity contribution in [1.82, 2.24) is 24.5 Å². The number of aromatic nitrogens is 2. The largest absolute Gasteiger partial charge is 0.354 e. The predicted molar refractivity (Wildman–Crippen MR) is 109 cm³/mol. The van der Waals surface area contributed by atoms with E-state index < -0.39 is 16.1 Å². The van der Waals surface area contributed by atoms with Crippen molar-refractivity contribution in [3.63, 3.8) is 0 Å². The SMILES string of the molecule is CCn1c(CCC(=O)NC2CCCNC2=O)nc2cc(S(=O)(=O)N(C)C)ccc21. The summed E-state index contributed by atoms with van der Waals surface area (Å²) in [5, 5.41) is 5.53. The Balaban J connectivity index is 1.76. The first-order valence-corrected chi connectivity index (χ1v) is 11.2. The van der Waals surface area contributed by atoms with Gasteiger partial charge >= 0.3 is 0 Å². The summed E-state index contributed by atoms with van der Waals surface area (Å²) in [5.74, 6) is 0.378. The van der Waals surface area contributed by atoms with Gasteiger partial charge in [0.2, 0.25) is 21.8 Å². The highest BCUT2D eigenvalue weighted by molar-refractivity contribution is 7.89. The van der Waals surface area contributed by atoms with Crippen LogP contribution in [0.3, 0.4) is 0 Å². The summed E-state index contributed by atoms with van der Waals surface area (Å²) in [6, 6.07) is 4.41. The molecule has 29 heavy (non-hydrogen) atoms. The number of fused-ring (bicyclic) bond motifs is 1. The fraction of sp³-hybridized carbons (Fsp3) is 0.526. The Hall–Kier alpha value is -2.46. The third kappa shape index (κ3) is 4.43. The molecule has 2 heterocycles. The number of amides is 2. The van der Waals surface area contributed by atoms with Crippen molar-refractivity contribution in [3.05, 3.63) is 24.0 Å². The second-order valence-corrected chi connectivity index (χ2v) is 9.42. The van der Waals surface area contributed by atoms with Crippen LogP contribution >= 0.6 is 0 Å². The first-order valence-electron chi connectivity index (χ1n) is 9.72. The number of rotatable bonds is 7. The molecule has 10 heteroatoms. The van der Waals surface area contributed by atoms with Crippen LogP contribution in [0, 0.1) is 0 Å². The van der Waals surface area contributed by atoms with Gasteiger partial charge in [0.05, 0.1) is 15.9 Å². The molecular formula is C19H27N5O4S. The summed E-state index contributed by atoms with van der Waals surface area (Å²) >= 11 is 0. The van der Waals surface area contributed by atoms with Gasteiger partial charge in [-0.1, -0.05) is 0 Å². The van der Waals surface area contributed by atoms with Crippen LogP contribution in [-0.4, -0.2) is 60.8 Å². The molecule has 0 bridgehead atoms. The van der Waals surface area contributed by atoms with Gasteiger partial charge in [0, 0.05) is 40.0 Å². The number of aryl methyl sites for hydroxylation is 2. The van der Waals surface area contributed by atoms with Crippen LogP contribution in [-0.2, 0) is 32.6 Å². The van der Waals surface area contributed by atoms with Crippen molar-refractivity contribution in [3.8, 4) is 0 Å². The molecule has 1 aromatic heterocycles. The zero-order chi connectivity index (χ0) is 21.2. The maximum atomic E-state index is 12.4. The Kier molecular flexibility index (Phi) is 6.23. The first kappa shape index (κ1) is 21.3. The van der Waals surface area contributed by atoms with Crippen LogP contribution in [0.4, 0.5) is 0 Å². The smallest absolute Gasteiger partial charge is 0.242 e. The molecule has 2 N–H and O–H groups in total. The molecule has 1 saturated heterocycles. The van der Waals surface area contributed by atoms with Crippen LogP contribution in [0.15, 0.2) is 23.1 Å². The summed E-state index contributed by atoms with van der Waals surface area (Å²) < 4.78 is 27.9. The van der Waals surface area contributed by atoms with E-state index in [0.717, 1.165) is 16.2 Å². The number of sulfonamides is 1. The first-order chi connectivity index (χ1) is 13.7. The van der Waals surface area contributed by atoms with Gasteiger partial charge in [-0.3, -0.25) is 9.59 Å². The lowest BCUT2D eigenvalue weighted by molar-refractivity contribution is -0.130. The summed E-state index contributed by atoms with van der Waals surface area (Å²) in [6.45, 7) is 3.27. The zero-order valence-corrected chi connectivity index (χ0v) is 17.8. The Morgan fingerprint density at radius 2 is 2.14 bits per heavy atom. The van der Waals surface area contributed by atoms with Gasteiger partial charge in [-0.15, -0.1) is 0 Å².